The van der Waals surface area contributed by atoms with Crippen molar-refractivity contribution in [3.05, 3.63) is 34.1 Å². The third-order valence-electron chi connectivity index (χ3n) is 1.85. The number of hydrogen-bond donors (Lipinski definition) is 1. The summed E-state index contributed by atoms with van der Waals surface area (Å²) in [5, 5.41) is 13.3. The van der Waals surface area contributed by atoms with Crippen LogP contribution in [-0.4, -0.2) is 11.5 Å². The van der Waals surface area contributed by atoms with E-state index in [0.717, 1.165) is 6.07 Å². The summed E-state index contributed by atoms with van der Waals surface area (Å²) in [6, 6.07) is 3.39. The molecule has 0 amide bonds. The fourth-order valence-corrected chi connectivity index (χ4v) is 1.18. The number of benzene rings is 1. The number of anilines is 1. The molecule has 1 rings (SSSR count). The van der Waals surface area contributed by atoms with Crippen LogP contribution in [0.5, 0.6) is 0 Å². The van der Waals surface area contributed by atoms with Gasteiger partial charge in [-0.25, -0.2) is 4.39 Å². The Balaban J connectivity index is 2.71. The van der Waals surface area contributed by atoms with Gasteiger partial charge in [0, 0.05) is 24.7 Å². The Morgan fingerprint density at radius 3 is 2.88 bits per heavy atom. The topological polar surface area (TPSA) is 55.2 Å². The molecule has 1 N–H and O–H groups in total. The zero-order valence-electron chi connectivity index (χ0n) is 8.79. The van der Waals surface area contributed by atoms with Crippen molar-refractivity contribution in [1.82, 2.24) is 0 Å². The lowest BCUT2D eigenvalue weighted by molar-refractivity contribution is -0.385. The second-order valence-electron chi connectivity index (χ2n) is 3.06. The van der Waals surface area contributed by atoms with Crippen molar-refractivity contribution >= 4 is 11.4 Å². The monoisotopic (exact) mass is 222 g/mol. The minimum absolute atomic E-state index is 0.260. The fraction of sp³-hybridized carbons (Fsp3) is 0.273. The number of non-ortho nitro benzene ring substituents is 1. The van der Waals surface area contributed by atoms with Crippen LogP contribution in [0.4, 0.5) is 15.8 Å². The van der Waals surface area contributed by atoms with Gasteiger partial charge in [0.25, 0.3) is 5.69 Å². The summed E-state index contributed by atoms with van der Waals surface area (Å²) in [7, 11) is 0. The standard InChI is InChI=1S/C11H11FN2O2/c1-2-3-4-5-13-10-6-9(12)7-11(8-10)14(15)16/h6-8,13H,4-5H2,1H3. The molecule has 0 saturated heterocycles. The van der Waals surface area contributed by atoms with Gasteiger partial charge in [-0.1, -0.05) is 0 Å². The number of hydrogen-bond acceptors (Lipinski definition) is 3. The SMILES string of the molecule is CC#CCCNc1cc(F)cc([N+](=O)[O-])c1. The van der Waals surface area contributed by atoms with Gasteiger partial charge in [0.2, 0.25) is 0 Å². The van der Waals surface area contributed by atoms with E-state index in [2.05, 4.69) is 17.2 Å². The molecule has 0 saturated carbocycles. The summed E-state index contributed by atoms with van der Waals surface area (Å²) in [6.45, 7) is 2.26. The van der Waals surface area contributed by atoms with Crippen LogP contribution in [0.3, 0.4) is 0 Å². The van der Waals surface area contributed by atoms with Gasteiger partial charge in [0.05, 0.1) is 11.0 Å². The first kappa shape index (κ1) is 12.0. The summed E-state index contributed by atoms with van der Waals surface area (Å²) in [6.07, 6.45) is 0.612. The van der Waals surface area contributed by atoms with E-state index in [4.69, 9.17) is 0 Å². The summed E-state index contributed by atoms with van der Waals surface area (Å²) >= 11 is 0. The largest absolute Gasteiger partial charge is 0.384 e. The number of halogens is 1. The normalized spacial score (nSPS) is 9.12. The Labute approximate surface area is 92.6 Å². The first-order valence-corrected chi connectivity index (χ1v) is 4.72. The number of nitro benzene ring substituents is 1. The van der Waals surface area contributed by atoms with Crippen molar-refractivity contribution in [2.75, 3.05) is 11.9 Å². The van der Waals surface area contributed by atoms with Crippen LogP contribution in [0, 0.1) is 27.8 Å². The van der Waals surface area contributed by atoms with E-state index in [1.165, 1.54) is 12.1 Å². The Morgan fingerprint density at radius 2 is 2.25 bits per heavy atom. The van der Waals surface area contributed by atoms with Crippen LogP contribution < -0.4 is 5.32 Å². The molecule has 5 heteroatoms. The van der Waals surface area contributed by atoms with Crippen molar-refractivity contribution in [2.24, 2.45) is 0 Å². The lowest BCUT2D eigenvalue weighted by Crippen LogP contribution is -2.01. The zero-order chi connectivity index (χ0) is 12.0. The predicted molar refractivity (Wildman–Crippen MR) is 59.6 cm³/mol. The van der Waals surface area contributed by atoms with Crippen molar-refractivity contribution in [3.8, 4) is 11.8 Å². The van der Waals surface area contributed by atoms with Crippen LogP contribution in [0.15, 0.2) is 18.2 Å². The molecular formula is C11H11FN2O2. The van der Waals surface area contributed by atoms with Gasteiger partial charge in [-0.15, -0.1) is 11.8 Å². The van der Waals surface area contributed by atoms with Gasteiger partial charge in [-0.05, 0) is 13.0 Å². The summed E-state index contributed by atoms with van der Waals surface area (Å²) in [5.74, 6) is 4.93. The molecule has 0 aromatic heterocycles. The van der Waals surface area contributed by atoms with Gasteiger partial charge < -0.3 is 5.32 Å². The Bertz CT molecular complexity index is 449. The summed E-state index contributed by atoms with van der Waals surface area (Å²) in [5.41, 5.74) is 0.133. The minimum atomic E-state index is -0.627. The van der Waals surface area contributed by atoms with Crippen LogP contribution in [0.25, 0.3) is 0 Å². The van der Waals surface area contributed by atoms with E-state index in [1.807, 2.05) is 0 Å². The van der Waals surface area contributed by atoms with E-state index in [9.17, 15) is 14.5 Å². The molecule has 0 heterocycles. The van der Waals surface area contributed by atoms with Crippen molar-refractivity contribution < 1.29 is 9.31 Å². The van der Waals surface area contributed by atoms with Gasteiger partial charge >= 0.3 is 0 Å². The number of rotatable bonds is 4. The predicted octanol–water partition coefficient (Wildman–Crippen LogP) is 2.56. The Kier molecular flexibility index (Phi) is 4.28. The molecule has 1 aromatic carbocycles. The maximum atomic E-state index is 13.0. The molecule has 0 aliphatic rings. The van der Waals surface area contributed by atoms with Gasteiger partial charge in [-0.3, -0.25) is 10.1 Å². The van der Waals surface area contributed by atoms with Gasteiger partial charge in [0.15, 0.2) is 0 Å². The molecule has 16 heavy (non-hydrogen) atoms. The van der Waals surface area contributed by atoms with Crippen molar-refractivity contribution in [2.45, 2.75) is 13.3 Å². The molecule has 0 aliphatic carbocycles. The fourth-order valence-electron chi connectivity index (χ4n) is 1.18. The van der Waals surface area contributed by atoms with E-state index >= 15 is 0 Å². The second-order valence-corrected chi connectivity index (χ2v) is 3.06. The molecular weight excluding hydrogens is 211 g/mol. The lowest BCUT2D eigenvalue weighted by Gasteiger charge is -2.03. The third kappa shape index (κ3) is 3.58. The third-order valence-corrected chi connectivity index (χ3v) is 1.85. The quantitative estimate of drug-likeness (QED) is 0.368. The number of nitro groups is 1. The molecule has 84 valence electrons. The highest BCUT2D eigenvalue weighted by atomic mass is 19.1. The van der Waals surface area contributed by atoms with E-state index in [-0.39, 0.29) is 5.69 Å². The minimum Gasteiger partial charge on any atom is -0.384 e. The lowest BCUT2D eigenvalue weighted by atomic mass is 10.2. The van der Waals surface area contributed by atoms with E-state index < -0.39 is 10.7 Å². The maximum absolute atomic E-state index is 13.0. The summed E-state index contributed by atoms with van der Waals surface area (Å²) < 4.78 is 13.0. The summed E-state index contributed by atoms with van der Waals surface area (Å²) in [4.78, 5) is 9.85. The van der Waals surface area contributed by atoms with Gasteiger partial charge in [0.1, 0.15) is 5.82 Å². The van der Waals surface area contributed by atoms with E-state index in [1.54, 1.807) is 6.92 Å². The molecule has 1 aromatic rings. The highest BCUT2D eigenvalue weighted by Crippen LogP contribution is 2.19. The second kappa shape index (κ2) is 5.71. The van der Waals surface area contributed by atoms with E-state index in [0.29, 0.717) is 18.7 Å². The average Bonchev–Trinajstić information content (AvgIpc) is 2.23. The Morgan fingerprint density at radius 1 is 1.50 bits per heavy atom. The Hall–Kier alpha value is -2.09. The smallest absolute Gasteiger partial charge is 0.274 e. The van der Waals surface area contributed by atoms with Crippen LogP contribution in [0.1, 0.15) is 13.3 Å². The molecule has 0 bridgehead atoms. The number of nitrogens with zero attached hydrogens (tertiary/aromatic N) is 1. The molecule has 0 spiro atoms. The highest BCUT2D eigenvalue weighted by molar-refractivity contribution is 5.51. The molecule has 0 unspecified atom stereocenters. The first-order valence-electron chi connectivity index (χ1n) is 4.72. The van der Waals surface area contributed by atoms with Crippen LogP contribution in [-0.2, 0) is 0 Å². The van der Waals surface area contributed by atoms with Crippen LogP contribution in [0.2, 0.25) is 0 Å². The van der Waals surface area contributed by atoms with Crippen LogP contribution >= 0.6 is 0 Å². The molecule has 4 nitrogen and oxygen atoms in total. The molecule has 0 atom stereocenters. The average molecular weight is 222 g/mol. The molecule has 0 radical (unpaired) electrons. The molecule has 0 fully saturated rings. The first-order chi connectivity index (χ1) is 7.63. The highest BCUT2D eigenvalue weighted by Gasteiger charge is 2.08. The van der Waals surface area contributed by atoms with Crippen molar-refractivity contribution in [3.63, 3.8) is 0 Å². The maximum Gasteiger partial charge on any atom is 0.274 e. The van der Waals surface area contributed by atoms with Gasteiger partial charge in [-0.2, -0.15) is 0 Å². The van der Waals surface area contributed by atoms with Crippen molar-refractivity contribution in [1.29, 1.82) is 0 Å². The molecule has 0 aliphatic heterocycles. The zero-order valence-corrected chi connectivity index (χ0v) is 8.79. The number of nitrogens with one attached hydrogen (secondary N) is 1.